The number of rotatable bonds is 6. The van der Waals surface area contributed by atoms with E-state index < -0.39 is 0 Å². The van der Waals surface area contributed by atoms with E-state index in [4.69, 9.17) is 16.7 Å². The van der Waals surface area contributed by atoms with E-state index in [1.165, 1.54) is 16.8 Å². The van der Waals surface area contributed by atoms with Gasteiger partial charge in [0, 0.05) is 48.5 Å². The van der Waals surface area contributed by atoms with Crippen LogP contribution in [0.15, 0.2) is 24.3 Å². The third kappa shape index (κ3) is 4.67. The van der Waals surface area contributed by atoms with E-state index in [0.717, 1.165) is 63.3 Å². The van der Waals surface area contributed by atoms with Crippen molar-refractivity contribution in [2.45, 2.75) is 65.1 Å². The highest BCUT2D eigenvalue weighted by Gasteiger charge is 2.32. The van der Waals surface area contributed by atoms with Gasteiger partial charge in [0.25, 0.3) is 5.91 Å². The van der Waals surface area contributed by atoms with E-state index in [-0.39, 0.29) is 5.91 Å². The minimum absolute atomic E-state index is 0.125. The normalized spacial score (nSPS) is 19.0. The maximum absolute atomic E-state index is 13.2. The molecule has 1 saturated heterocycles. The minimum atomic E-state index is 0.125. The zero-order valence-electron chi connectivity index (χ0n) is 17.5. The number of carbonyl (C=O) groups is 1. The molecular formula is C23H31ClN4O. The first kappa shape index (κ1) is 20.4. The molecule has 1 amide bonds. The Balaban J connectivity index is 1.52. The molecule has 0 saturated carbocycles. The van der Waals surface area contributed by atoms with Crippen molar-refractivity contribution in [1.29, 1.82) is 0 Å². The molecule has 6 heteroatoms. The van der Waals surface area contributed by atoms with Gasteiger partial charge in [0.15, 0.2) is 5.69 Å². The number of hydrogen-bond acceptors (Lipinski definition) is 3. The fourth-order valence-corrected chi connectivity index (χ4v) is 4.59. The molecule has 2 aromatic rings. The van der Waals surface area contributed by atoms with Crippen molar-refractivity contribution in [1.82, 2.24) is 20.0 Å². The fourth-order valence-electron chi connectivity index (χ4n) is 4.47. The van der Waals surface area contributed by atoms with Crippen LogP contribution in [-0.2, 0) is 25.9 Å². The summed E-state index contributed by atoms with van der Waals surface area (Å²) in [6, 6.07) is 8.35. The summed E-state index contributed by atoms with van der Waals surface area (Å²) in [5, 5.41) is 9.26. The monoisotopic (exact) mass is 414 g/mol. The Morgan fingerprint density at radius 3 is 2.66 bits per heavy atom. The summed E-state index contributed by atoms with van der Waals surface area (Å²) in [4.78, 5) is 15.1. The number of benzene rings is 1. The van der Waals surface area contributed by atoms with Crippen molar-refractivity contribution in [3.8, 4) is 0 Å². The number of fused-ring (bicyclic) bond motifs is 1. The summed E-state index contributed by atoms with van der Waals surface area (Å²) in [6.45, 7) is 7.82. The third-order valence-electron chi connectivity index (χ3n) is 5.99. The third-order valence-corrected chi connectivity index (χ3v) is 6.24. The first-order valence-electron chi connectivity index (χ1n) is 10.9. The topological polar surface area (TPSA) is 50.2 Å². The standard InChI is InChI=1S/C23H31ClN4O/c1-16(2)15-28-21-10-9-19(25-14-17-5-7-18(24)8-6-17)13-20(21)22(26-28)23(29)27-11-3-4-12-27/h5-8,16,19,25H,3-4,9-15H2,1-2H3/t19-/m0/s1. The van der Waals surface area contributed by atoms with Crippen LogP contribution in [0.2, 0.25) is 5.02 Å². The molecule has 156 valence electrons. The Bertz CT molecular complexity index is 853. The van der Waals surface area contributed by atoms with Gasteiger partial charge in [-0.25, -0.2) is 0 Å². The first-order chi connectivity index (χ1) is 14.0. The fraction of sp³-hybridized carbons (Fsp3) is 0.565. The van der Waals surface area contributed by atoms with Crippen LogP contribution in [-0.4, -0.2) is 39.7 Å². The van der Waals surface area contributed by atoms with Crippen LogP contribution in [0.3, 0.4) is 0 Å². The van der Waals surface area contributed by atoms with Crippen molar-refractivity contribution in [3.05, 3.63) is 51.8 Å². The second-order valence-corrected chi connectivity index (χ2v) is 9.23. The molecule has 1 aliphatic heterocycles. The second kappa shape index (κ2) is 8.88. The lowest BCUT2D eigenvalue weighted by atomic mass is 9.90. The van der Waals surface area contributed by atoms with E-state index in [9.17, 15) is 4.79 Å². The smallest absolute Gasteiger partial charge is 0.274 e. The Morgan fingerprint density at radius 2 is 1.97 bits per heavy atom. The Morgan fingerprint density at radius 1 is 1.24 bits per heavy atom. The summed E-state index contributed by atoms with van der Waals surface area (Å²) in [5.74, 6) is 0.633. The molecule has 0 unspecified atom stereocenters. The number of aromatic nitrogens is 2. The molecule has 2 aliphatic rings. The predicted octanol–water partition coefficient (Wildman–Crippen LogP) is 4.08. The van der Waals surface area contributed by atoms with E-state index >= 15 is 0 Å². The Labute approximate surface area is 178 Å². The molecule has 1 aliphatic carbocycles. The molecule has 29 heavy (non-hydrogen) atoms. The van der Waals surface area contributed by atoms with Gasteiger partial charge >= 0.3 is 0 Å². The molecule has 1 aromatic heterocycles. The Kier molecular flexibility index (Phi) is 6.26. The Hall–Kier alpha value is -1.85. The SMILES string of the molecule is CC(C)Cn1nc(C(=O)N2CCCC2)c2c1CC[C@H](NCc1ccc(Cl)cc1)C2. The molecule has 0 radical (unpaired) electrons. The number of nitrogens with zero attached hydrogens (tertiary/aromatic N) is 3. The van der Waals surface area contributed by atoms with Gasteiger partial charge in [-0.1, -0.05) is 37.6 Å². The summed E-state index contributed by atoms with van der Waals surface area (Å²) in [7, 11) is 0. The highest BCUT2D eigenvalue weighted by molar-refractivity contribution is 6.30. The summed E-state index contributed by atoms with van der Waals surface area (Å²) in [6.07, 6.45) is 5.12. The van der Waals surface area contributed by atoms with Crippen molar-refractivity contribution >= 4 is 17.5 Å². The van der Waals surface area contributed by atoms with Gasteiger partial charge in [0.1, 0.15) is 0 Å². The number of halogens is 1. The van der Waals surface area contributed by atoms with Crippen molar-refractivity contribution in [2.75, 3.05) is 13.1 Å². The molecule has 5 nitrogen and oxygen atoms in total. The van der Waals surface area contributed by atoms with E-state index in [0.29, 0.717) is 17.7 Å². The molecule has 2 heterocycles. The first-order valence-corrected chi connectivity index (χ1v) is 11.2. The predicted molar refractivity (Wildman–Crippen MR) is 116 cm³/mol. The summed E-state index contributed by atoms with van der Waals surface area (Å²) >= 11 is 5.99. The van der Waals surface area contributed by atoms with Gasteiger partial charge in [0.05, 0.1) is 0 Å². The van der Waals surface area contributed by atoms with Gasteiger partial charge < -0.3 is 10.2 Å². The van der Waals surface area contributed by atoms with Gasteiger partial charge in [-0.05, 0) is 55.7 Å². The molecule has 1 aromatic carbocycles. The van der Waals surface area contributed by atoms with Crippen LogP contribution in [0.1, 0.15) is 60.4 Å². The highest BCUT2D eigenvalue weighted by atomic mass is 35.5. The lowest BCUT2D eigenvalue weighted by molar-refractivity contribution is 0.0784. The number of hydrogen-bond donors (Lipinski definition) is 1. The quantitative estimate of drug-likeness (QED) is 0.774. The lowest BCUT2D eigenvalue weighted by Crippen LogP contribution is -2.35. The maximum atomic E-state index is 13.2. The van der Waals surface area contributed by atoms with E-state index in [2.05, 4.69) is 36.0 Å². The zero-order chi connectivity index (χ0) is 20.4. The number of carbonyl (C=O) groups excluding carboxylic acids is 1. The summed E-state index contributed by atoms with van der Waals surface area (Å²) < 4.78 is 2.11. The summed E-state index contributed by atoms with van der Waals surface area (Å²) in [5.41, 5.74) is 4.36. The molecule has 1 atom stereocenters. The van der Waals surface area contributed by atoms with Crippen LogP contribution in [0.4, 0.5) is 0 Å². The van der Waals surface area contributed by atoms with Crippen molar-refractivity contribution < 1.29 is 4.79 Å². The number of nitrogens with one attached hydrogen (secondary N) is 1. The van der Waals surface area contributed by atoms with Crippen LogP contribution in [0, 0.1) is 5.92 Å². The molecule has 1 N–H and O–H groups in total. The van der Waals surface area contributed by atoms with Crippen LogP contribution >= 0.6 is 11.6 Å². The largest absolute Gasteiger partial charge is 0.337 e. The van der Waals surface area contributed by atoms with E-state index in [1.807, 2.05) is 17.0 Å². The van der Waals surface area contributed by atoms with Crippen LogP contribution in [0.25, 0.3) is 0 Å². The van der Waals surface area contributed by atoms with Gasteiger partial charge in [-0.3, -0.25) is 9.48 Å². The maximum Gasteiger partial charge on any atom is 0.274 e. The average molecular weight is 415 g/mol. The van der Waals surface area contributed by atoms with Crippen LogP contribution < -0.4 is 5.32 Å². The van der Waals surface area contributed by atoms with E-state index in [1.54, 1.807) is 0 Å². The molecule has 1 fully saturated rings. The molecule has 0 spiro atoms. The molecule has 0 bridgehead atoms. The highest BCUT2D eigenvalue weighted by Crippen LogP contribution is 2.27. The second-order valence-electron chi connectivity index (χ2n) is 8.80. The van der Waals surface area contributed by atoms with Crippen LogP contribution in [0.5, 0.6) is 0 Å². The van der Waals surface area contributed by atoms with Gasteiger partial charge in [0.2, 0.25) is 0 Å². The average Bonchev–Trinajstić information content (AvgIpc) is 3.35. The van der Waals surface area contributed by atoms with Crippen molar-refractivity contribution in [2.24, 2.45) is 5.92 Å². The number of amides is 1. The minimum Gasteiger partial charge on any atom is -0.337 e. The zero-order valence-corrected chi connectivity index (χ0v) is 18.2. The molecular weight excluding hydrogens is 384 g/mol. The molecule has 4 rings (SSSR count). The van der Waals surface area contributed by atoms with Crippen molar-refractivity contribution in [3.63, 3.8) is 0 Å². The van der Waals surface area contributed by atoms with Gasteiger partial charge in [-0.2, -0.15) is 5.10 Å². The van der Waals surface area contributed by atoms with Gasteiger partial charge in [-0.15, -0.1) is 0 Å². The lowest BCUT2D eigenvalue weighted by Gasteiger charge is -2.25. The number of likely N-dealkylation sites (tertiary alicyclic amines) is 1.